The van der Waals surface area contributed by atoms with Crippen molar-refractivity contribution >= 4 is 10.8 Å². The Morgan fingerprint density at radius 1 is 0.564 bits per heavy atom. The van der Waals surface area contributed by atoms with E-state index in [4.69, 9.17) is 15.0 Å². The van der Waals surface area contributed by atoms with Crippen LogP contribution in [0.15, 0.2) is 78.9 Å². The van der Waals surface area contributed by atoms with Crippen LogP contribution < -0.4 is 0 Å². The molecule has 4 saturated carbocycles. The summed E-state index contributed by atoms with van der Waals surface area (Å²) in [5.41, 5.74) is 7.18. The number of rotatable bonds is 6. The Labute approximate surface area is 327 Å². The molecule has 278 valence electrons. The Hall–Kier alpha value is -4.87. The van der Waals surface area contributed by atoms with E-state index in [2.05, 4.69) is 88.4 Å². The van der Waals surface area contributed by atoms with Gasteiger partial charge in [-0.1, -0.05) is 88.7 Å². The van der Waals surface area contributed by atoms with E-state index in [-0.39, 0.29) is 10.8 Å². The van der Waals surface area contributed by atoms with Gasteiger partial charge in [0.25, 0.3) is 0 Å². The molecule has 8 atom stereocenters. The maximum atomic E-state index is 10.2. The zero-order valence-corrected chi connectivity index (χ0v) is 33.0. The highest BCUT2D eigenvalue weighted by molar-refractivity contribution is 5.92. The van der Waals surface area contributed by atoms with Crippen LogP contribution in [-0.4, -0.2) is 15.0 Å². The fourth-order valence-electron chi connectivity index (χ4n) is 12.6. The fraction of sp³-hybridized carbons (Fsp3) is 0.460. The third kappa shape index (κ3) is 6.65. The van der Waals surface area contributed by atoms with Gasteiger partial charge in [-0.25, -0.2) is 15.0 Å². The first kappa shape index (κ1) is 35.8. The molecule has 1 heterocycles. The number of aromatic nitrogens is 3. The van der Waals surface area contributed by atoms with Gasteiger partial charge < -0.3 is 0 Å². The predicted octanol–water partition coefficient (Wildman–Crippen LogP) is 12.4. The molecule has 4 bridgehead atoms. The van der Waals surface area contributed by atoms with Crippen molar-refractivity contribution in [2.24, 2.45) is 35.5 Å². The summed E-state index contributed by atoms with van der Waals surface area (Å²) in [7, 11) is 0. The fourth-order valence-corrected chi connectivity index (χ4v) is 12.6. The van der Waals surface area contributed by atoms with Gasteiger partial charge in [-0.15, -0.1) is 0 Å². The van der Waals surface area contributed by atoms with Crippen LogP contribution in [0, 0.1) is 58.2 Å². The Morgan fingerprint density at radius 2 is 1.07 bits per heavy atom. The molecule has 4 aliphatic carbocycles. The summed E-state index contributed by atoms with van der Waals surface area (Å²) in [6.45, 7) is 9.72. The summed E-state index contributed by atoms with van der Waals surface area (Å²) in [5, 5.41) is 21.4. The van der Waals surface area contributed by atoms with Crippen LogP contribution in [0.5, 0.6) is 0 Å². The number of fused-ring (bicyclic) bond motifs is 5. The van der Waals surface area contributed by atoms with Gasteiger partial charge in [0.15, 0.2) is 17.5 Å². The van der Waals surface area contributed by atoms with Crippen molar-refractivity contribution in [3.05, 3.63) is 101 Å². The minimum Gasteiger partial charge on any atom is -0.208 e. The normalized spacial score (nSPS) is 30.0. The van der Waals surface area contributed by atoms with E-state index in [9.17, 15) is 10.5 Å². The second-order valence-electron chi connectivity index (χ2n) is 18.7. The Kier molecular flexibility index (Phi) is 9.12. The lowest BCUT2D eigenvalue weighted by Crippen LogP contribution is -2.42. The molecule has 0 radical (unpaired) electrons. The van der Waals surface area contributed by atoms with Crippen molar-refractivity contribution in [1.29, 1.82) is 10.5 Å². The summed E-state index contributed by atoms with van der Waals surface area (Å²) in [6.07, 6.45) is 14.5. The number of nitrogens with zero attached hydrogens (tertiary/aromatic N) is 5. The van der Waals surface area contributed by atoms with Gasteiger partial charge >= 0.3 is 0 Å². The molecule has 0 N–H and O–H groups in total. The van der Waals surface area contributed by atoms with Gasteiger partial charge in [-0.2, -0.15) is 10.5 Å². The Bertz CT molecular complexity index is 2310. The first-order valence-electron chi connectivity index (χ1n) is 21.0. The van der Waals surface area contributed by atoms with Crippen LogP contribution in [0.25, 0.3) is 44.9 Å². The van der Waals surface area contributed by atoms with Crippen LogP contribution in [0.3, 0.4) is 0 Å². The molecular formula is C50H53N5. The second kappa shape index (κ2) is 14.0. The molecule has 0 aliphatic heterocycles. The van der Waals surface area contributed by atoms with E-state index < -0.39 is 0 Å². The van der Waals surface area contributed by atoms with E-state index in [0.29, 0.717) is 28.6 Å². The van der Waals surface area contributed by atoms with Gasteiger partial charge in [0.2, 0.25) is 0 Å². The molecule has 4 aromatic carbocycles. The minimum absolute atomic E-state index is 0.255. The van der Waals surface area contributed by atoms with Gasteiger partial charge in [0.1, 0.15) is 0 Å². The zero-order valence-electron chi connectivity index (χ0n) is 33.0. The summed E-state index contributed by atoms with van der Waals surface area (Å²) in [6, 6.07) is 32.3. The molecule has 0 saturated heterocycles. The first-order chi connectivity index (χ1) is 26.6. The van der Waals surface area contributed by atoms with E-state index in [1.807, 2.05) is 18.2 Å². The SMILES string of the molecule is CC[C@H]1C[C@H]2C[C@@H](C)CC(c3ccc(-c4nc(-c5ccc(C67CC(C)CC(C[C@H](C)C6)C7)cc5)nc(-c5cc(C#N)c6cc(C#N)ccc6c5)n4)cc3)(C2)C1. The van der Waals surface area contributed by atoms with Crippen molar-refractivity contribution in [3.8, 4) is 46.3 Å². The highest BCUT2D eigenvalue weighted by atomic mass is 15.0. The molecule has 0 spiro atoms. The lowest BCUT2D eigenvalue weighted by atomic mass is 9.54. The standard InChI is InChI=1S/C50H53N5/c1-5-34-19-37-18-33(4)25-50(26-34,28-37)44-14-10-39(11-15-44)47-53-46(38-8-12-43(13-9-38)49-23-31(2)16-36(27-49)17-32(3)24-49)54-48(55-47)41-21-40-7-6-35(29-51)20-45(40)42(22-41)30-52/h6-15,20-22,31-34,36-37H,5,16-19,23-28H2,1-4H3/t31-,32?,33+,34-,36?,37+,49?,50?/m0/s1. The largest absolute Gasteiger partial charge is 0.208 e. The number of hydrogen-bond donors (Lipinski definition) is 0. The molecule has 0 amide bonds. The highest BCUT2D eigenvalue weighted by Gasteiger charge is 2.46. The third-order valence-electron chi connectivity index (χ3n) is 14.3. The summed E-state index contributed by atoms with van der Waals surface area (Å²) < 4.78 is 0. The van der Waals surface area contributed by atoms with Gasteiger partial charge in [0.05, 0.1) is 23.3 Å². The molecule has 5 aromatic rings. The Balaban J connectivity index is 1.13. The molecule has 5 nitrogen and oxygen atoms in total. The number of benzene rings is 4. The summed E-state index contributed by atoms with van der Waals surface area (Å²) in [5.74, 6) is 6.55. The smallest absolute Gasteiger partial charge is 0.164 e. The maximum absolute atomic E-state index is 10.2. The van der Waals surface area contributed by atoms with Crippen molar-refractivity contribution in [1.82, 2.24) is 15.0 Å². The van der Waals surface area contributed by atoms with Crippen molar-refractivity contribution in [3.63, 3.8) is 0 Å². The number of hydrogen-bond acceptors (Lipinski definition) is 5. The van der Waals surface area contributed by atoms with E-state index in [1.165, 1.54) is 81.8 Å². The summed E-state index contributed by atoms with van der Waals surface area (Å²) in [4.78, 5) is 15.4. The van der Waals surface area contributed by atoms with E-state index >= 15 is 0 Å². The quantitative estimate of drug-likeness (QED) is 0.174. The first-order valence-corrected chi connectivity index (χ1v) is 21.0. The molecular weight excluding hydrogens is 671 g/mol. The minimum atomic E-state index is 0.255. The molecule has 1 aromatic heterocycles. The number of nitriles is 2. The van der Waals surface area contributed by atoms with Crippen molar-refractivity contribution in [2.45, 2.75) is 109 Å². The zero-order chi connectivity index (χ0) is 37.9. The molecule has 4 fully saturated rings. The Morgan fingerprint density at radius 3 is 1.58 bits per heavy atom. The van der Waals surface area contributed by atoms with Crippen LogP contribution in [0.4, 0.5) is 0 Å². The van der Waals surface area contributed by atoms with Crippen molar-refractivity contribution in [2.75, 3.05) is 0 Å². The average Bonchev–Trinajstić information content (AvgIpc) is 3.19. The topological polar surface area (TPSA) is 86.2 Å². The van der Waals surface area contributed by atoms with Gasteiger partial charge in [0, 0.05) is 22.1 Å². The molecule has 4 aliphatic rings. The van der Waals surface area contributed by atoms with E-state index in [0.717, 1.165) is 63.0 Å². The summed E-state index contributed by atoms with van der Waals surface area (Å²) >= 11 is 0. The molecule has 5 heteroatoms. The van der Waals surface area contributed by atoms with Crippen LogP contribution in [0.1, 0.15) is 121 Å². The highest BCUT2D eigenvalue weighted by Crippen LogP contribution is 2.56. The lowest BCUT2D eigenvalue weighted by Gasteiger charge is -2.51. The molecule has 9 rings (SSSR count). The van der Waals surface area contributed by atoms with Crippen LogP contribution in [0.2, 0.25) is 0 Å². The average molecular weight is 724 g/mol. The third-order valence-corrected chi connectivity index (χ3v) is 14.3. The molecule has 4 unspecified atom stereocenters. The lowest BCUT2D eigenvalue weighted by molar-refractivity contribution is 0.0702. The predicted molar refractivity (Wildman–Crippen MR) is 221 cm³/mol. The second-order valence-corrected chi connectivity index (χ2v) is 18.7. The van der Waals surface area contributed by atoms with Crippen LogP contribution >= 0.6 is 0 Å². The molecule has 55 heavy (non-hydrogen) atoms. The maximum Gasteiger partial charge on any atom is 0.164 e. The van der Waals surface area contributed by atoms with Crippen molar-refractivity contribution < 1.29 is 0 Å². The monoisotopic (exact) mass is 723 g/mol. The van der Waals surface area contributed by atoms with Crippen LogP contribution in [-0.2, 0) is 10.8 Å². The van der Waals surface area contributed by atoms with E-state index in [1.54, 1.807) is 12.1 Å². The van der Waals surface area contributed by atoms with Gasteiger partial charge in [-0.05, 0) is 151 Å². The van der Waals surface area contributed by atoms with Gasteiger partial charge in [-0.3, -0.25) is 0 Å².